The van der Waals surface area contributed by atoms with Crippen molar-refractivity contribution in [2.45, 2.75) is 39.0 Å². The molecule has 0 aliphatic heterocycles. The molecule has 0 nitrogen and oxygen atoms in total. The Balaban J connectivity index is 0.000000151. The highest BCUT2D eigenvalue weighted by Gasteiger charge is 2.36. The van der Waals surface area contributed by atoms with Gasteiger partial charge in [0.2, 0.25) is 5.92 Å². The zero-order valence-corrected chi connectivity index (χ0v) is 9.34. The molecule has 0 heterocycles. The number of hydrogen-bond donors (Lipinski definition) is 0. The molecule has 0 N–H and O–H groups in total. The molecule has 1 aromatic rings. The van der Waals surface area contributed by atoms with Gasteiger partial charge in [-0.25, -0.2) is 8.78 Å². The molecule has 0 amide bonds. The van der Waals surface area contributed by atoms with E-state index in [1.807, 2.05) is 25.1 Å². The normalized spacial score (nSPS) is 23.1. The number of aryl methyl sites for hydroxylation is 1. The predicted octanol–water partition coefficient (Wildman–Crippen LogP) is 4.44. The smallest absolute Gasteiger partial charge is 0.207 e. The highest BCUT2D eigenvalue weighted by atomic mass is 19.3. The van der Waals surface area contributed by atoms with Crippen LogP contribution in [0.25, 0.3) is 0 Å². The standard InChI is InChI=1S/C7H8.C6H10F2/c1-7-5-3-2-4-6-7;1-5-2-3-6(7,8)4-5/h2-6H,1H3;5H,2-4H2,1H3/t;5-/m.0/s1. The van der Waals surface area contributed by atoms with E-state index in [0.717, 1.165) is 0 Å². The van der Waals surface area contributed by atoms with E-state index in [1.54, 1.807) is 0 Å². The van der Waals surface area contributed by atoms with Crippen LogP contribution in [0.4, 0.5) is 8.78 Å². The molecule has 15 heavy (non-hydrogen) atoms. The summed E-state index contributed by atoms with van der Waals surface area (Å²) in [5.41, 5.74) is 1.32. The quantitative estimate of drug-likeness (QED) is 0.596. The van der Waals surface area contributed by atoms with E-state index >= 15 is 0 Å². The lowest BCUT2D eigenvalue weighted by molar-refractivity contribution is 0.00579. The summed E-state index contributed by atoms with van der Waals surface area (Å²) in [5, 5.41) is 0. The summed E-state index contributed by atoms with van der Waals surface area (Å²) in [7, 11) is 0. The number of hydrogen-bond acceptors (Lipinski definition) is 0. The van der Waals surface area contributed by atoms with Crippen molar-refractivity contribution in [2.75, 3.05) is 0 Å². The summed E-state index contributed by atoms with van der Waals surface area (Å²) < 4.78 is 24.4. The number of alkyl halides is 2. The van der Waals surface area contributed by atoms with Gasteiger partial charge in [-0.15, -0.1) is 0 Å². The topological polar surface area (TPSA) is 0 Å². The Morgan fingerprint density at radius 1 is 1.20 bits per heavy atom. The Bertz CT molecular complexity index is 280. The molecular formula is C13H18F2. The molecule has 1 aliphatic carbocycles. The number of rotatable bonds is 0. The first-order valence-electron chi connectivity index (χ1n) is 5.39. The van der Waals surface area contributed by atoms with Crippen molar-refractivity contribution in [3.8, 4) is 0 Å². The molecule has 0 unspecified atom stereocenters. The average Bonchev–Trinajstić information content (AvgIpc) is 2.46. The van der Waals surface area contributed by atoms with Gasteiger partial charge in [-0.2, -0.15) is 0 Å². The van der Waals surface area contributed by atoms with Crippen molar-refractivity contribution in [1.29, 1.82) is 0 Å². The van der Waals surface area contributed by atoms with Gasteiger partial charge in [-0.1, -0.05) is 42.8 Å². The second kappa shape index (κ2) is 5.24. The molecule has 1 aromatic carbocycles. The van der Waals surface area contributed by atoms with Crippen LogP contribution in [0.5, 0.6) is 0 Å². The molecular weight excluding hydrogens is 194 g/mol. The van der Waals surface area contributed by atoms with Crippen LogP contribution in [0.15, 0.2) is 30.3 Å². The van der Waals surface area contributed by atoms with Gasteiger partial charge in [0.05, 0.1) is 0 Å². The summed E-state index contributed by atoms with van der Waals surface area (Å²) in [4.78, 5) is 0. The monoisotopic (exact) mass is 212 g/mol. The molecule has 0 spiro atoms. The molecule has 0 radical (unpaired) electrons. The Morgan fingerprint density at radius 2 is 1.80 bits per heavy atom. The Kier molecular flexibility index (Phi) is 4.25. The summed E-state index contributed by atoms with van der Waals surface area (Å²) >= 11 is 0. The van der Waals surface area contributed by atoms with Crippen LogP contribution in [0.3, 0.4) is 0 Å². The summed E-state index contributed by atoms with van der Waals surface area (Å²) in [5.74, 6) is -2.09. The predicted molar refractivity (Wildman–Crippen MR) is 59.1 cm³/mol. The number of halogens is 2. The average molecular weight is 212 g/mol. The zero-order chi connectivity index (χ0) is 11.3. The van der Waals surface area contributed by atoms with Crippen molar-refractivity contribution < 1.29 is 8.78 Å². The first-order chi connectivity index (χ1) is 6.99. The van der Waals surface area contributed by atoms with Crippen LogP contribution in [-0.2, 0) is 0 Å². The summed E-state index contributed by atoms with van der Waals surface area (Å²) in [6, 6.07) is 10.3. The Morgan fingerprint density at radius 3 is 2.00 bits per heavy atom. The molecule has 0 bridgehead atoms. The fourth-order valence-corrected chi connectivity index (χ4v) is 1.71. The lowest BCUT2D eigenvalue weighted by Crippen LogP contribution is -2.08. The molecule has 1 atom stereocenters. The SMILES string of the molecule is C[C@H]1CCC(F)(F)C1.Cc1ccccc1. The fraction of sp³-hybridized carbons (Fsp3) is 0.538. The van der Waals surface area contributed by atoms with Gasteiger partial charge >= 0.3 is 0 Å². The lowest BCUT2D eigenvalue weighted by atomic mass is 10.1. The van der Waals surface area contributed by atoms with E-state index in [1.165, 1.54) is 5.56 Å². The second-order valence-electron chi connectivity index (χ2n) is 4.36. The molecule has 2 heteroatoms. The van der Waals surface area contributed by atoms with Crippen LogP contribution in [-0.4, -0.2) is 5.92 Å². The van der Waals surface area contributed by atoms with Gasteiger partial charge in [-0.05, 0) is 19.3 Å². The van der Waals surface area contributed by atoms with E-state index in [0.29, 0.717) is 6.42 Å². The zero-order valence-electron chi connectivity index (χ0n) is 9.34. The van der Waals surface area contributed by atoms with Gasteiger partial charge < -0.3 is 0 Å². The van der Waals surface area contributed by atoms with Crippen LogP contribution in [0, 0.1) is 12.8 Å². The minimum Gasteiger partial charge on any atom is -0.207 e. The third-order valence-corrected chi connectivity index (χ3v) is 2.59. The van der Waals surface area contributed by atoms with Crippen LogP contribution in [0.2, 0.25) is 0 Å². The van der Waals surface area contributed by atoms with Crippen LogP contribution >= 0.6 is 0 Å². The molecule has 0 saturated heterocycles. The van der Waals surface area contributed by atoms with E-state index in [9.17, 15) is 8.78 Å². The molecule has 2 rings (SSSR count). The first kappa shape index (κ1) is 12.2. The van der Waals surface area contributed by atoms with Crippen molar-refractivity contribution in [2.24, 2.45) is 5.92 Å². The van der Waals surface area contributed by atoms with E-state index < -0.39 is 5.92 Å². The maximum atomic E-state index is 12.2. The fourth-order valence-electron chi connectivity index (χ4n) is 1.71. The van der Waals surface area contributed by atoms with Crippen molar-refractivity contribution in [1.82, 2.24) is 0 Å². The second-order valence-corrected chi connectivity index (χ2v) is 4.36. The third kappa shape index (κ3) is 4.91. The molecule has 1 saturated carbocycles. The van der Waals surface area contributed by atoms with Crippen LogP contribution in [0.1, 0.15) is 31.7 Å². The van der Waals surface area contributed by atoms with Gasteiger partial charge in [0.1, 0.15) is 0 Å². The minimum absolute atomic E-state index is 0.104. The van der Waals surface area contributed by atoms with E-state index in [-0.39, 0.29) is 18.8 Å². The van der Waals surface area contributed by atoms with E-state index in [4.69, 9.17) is 0 Å². The Labute approximate surface area is 90.3 Å². The number of benzene rings is 1. The molecule has 1 fully saturated rings. The summed E-state index contributed by atoms with van der Waals surface area (Å²) in [6.07, 6.45) is 0.911. The molecule has 0 aromatic heterocycles. The van der Waals surface area contributed by atoms with Gasteiger partial charge in [0.15, 0.2) is 0 Å². The largest absolute Gasteiger partial charge is 0.248 e. The maximum Gasteiger partial charge on any atom is 0.248 e. The van der Waals surface area contributed by atoms with Crippen molar-refractivity contribution >= 4 is 0 Å². The lowest BCUT2D eigenvalue weighted by Gasteiger charge is -2.04. The Hall–Kier alpha value is -0.920. The van der Waals surface area contributed by atoms with Crippen molar-refractivity contribution in [3.63, 3.8) is 0 Å². The van der Waals surface area contributed by atoms with Gasteiger partial charge in [0, 0.05) is 12.8 Å². The van der Waals surface area contributed by atoms with E-state index in [2.05, 4.69) is 19.1 Å². The molecule has 1 aliphatic rings. The third-order valence-electron chi connectivity index (χ3n) is 2.59. The maximum absolute atomic E-state index is 12.2. The van der Waals surface area contributed by atoms with Gasteiger partial charge in [0.25, 0.3) is 0 Å². The highest BCUT2D eigenvalue weighted by Crippen LogP contribution is 2.38. The van der Waals surface area contributed by atoms with Crippen LogP contribution < -0.4 is 0 Å². The summed E-state index contributed by atoms with van der Waals surface area (Å²) in [6.45, 7) is 3.96. The molecule has 84 valence electrons. The van der Waals surface area contributed by atoms with Crippen molar-refractivity contribution in [3.05, 3.63) is 35.9 Å². The first-order valence-corrected chi connectivity index (χ1v) is 5.39. The minimum atomic E-state index is -2.33. The van der Waals surface area contributed by atoms with Gasteiger partial charge in [-0.3, -0.25) is 0 Å². The highest BCUT2D eigenvalue weighted by molar-refractivity contribution is 5.11.